The van der Waals surface area contributed by atoms with E-state index in [1.807, 2.05) is 38.1 Å². The second-order valence-electron chi connectivity index (χ2n) is 6.52. The van der Waals surface area contributed by atoms with Gasteiger partial charge in [0.1, 0.15) is 5.75 Å². The van der Waals surface area contributed by atoms with Crippen LogP contribution >= 0.6 is 0 Å². The lowest BCUT2D eigenvalue weighted by atomic mass is 10.0. The molecule has 128 valence electrons. The van der Waals surface area contributed by atoms with E-state index in [0.29, 0.717) is 6.54 Å². The number of aryl methyl sites for hydroxylation is 2. The fourth-order valence-corrected chi connectivity index (χ4v) is 2.66. The molecule has 0 aliphatic rings. The Balaban J connectivity index is 1.93. The maximum Gasteiger partial charge on any atom is 0.260 e. The van der Waals surface area contributed by atoms with Crippen molar-refractivity contribution in [1.82, 2.24) is 5.32 Å². The highest BCUT2D eigenvalue weighted by Crippen LogP contribution is 2.24. The number of rotatable bonds is 6. The van der Waals surface area contributed by atoms with Gasteiger partial charge in [0.25, 0.3) is 5.91 Å². The molecule has 3 nitrogen and oxygen atoms in total. The molecule has 0 unspecified atom stereocenters. The Labute approximate surface area is 145 Å². The molecular formula is C21H27NO2. The number of carbonyl (C=O) groups is 1. The Morgan fingerprint density at radius 2 is 1.75 bits per heavy atom. The van der Waals surface area contributed by atoms with Crippen molar-refractivity contribution in [2.75, 3.05) is 6.54 Å². The van der Waals surface area contributed by atoms with Gasteiger partial charge >= 0.3 is 0 Å². The molecule has 1 amide bonds. The zero-order valence-corrected chi connectivity index (χ0v) is 15.2. The molecule has 0 bridgehead atoms. The molecule has 1 N–H and O–H groups in total. The van der Waals surface area contributed by atoms with Crippen molar-refractivity contribution in [3.05, 3.63) is 64.7 Å². The van der Waals surface area contributed by atoms with Gasteiger partial charge in [-0.25, -0.2) is 0 Å². The van der Waals surface area contributed by atoms with Crippen LogP contribution in [0.3, 0.4) is 0 Å². The SMILES string of the molecule is Cc1cc(C)c(C)c(O[C@H](C)C(=O)NC[C@@H](C)c2ccccc2)c1. The van der Waals surface area contributed by atoms with E-state index in [1.54, 1.807) is 6.92 Å². The molecule has 0 saturated carbocycles. The molecule has 2 aromatic carbocycles. The number of nitrogens with one attached hydrogen (secondary N) is 1. The highest BCUT2D eigenvalue weighted by molar-refractivity contribution is 5.80. The smallest absolute Gasteiger partial charge is 0.260 e. The number of carbonyl (C=O) groups excluding carboxylic acids is 1. The number of hydrogen-bond donors (Lipinski definition) is 1. The van der Waals surface area contributed by atoms with Crippen molar-refractivity contribution in [3.8, 4) is 5.75 Å². The molecule has 2 rings (SSSR count). The minimum atomic E-state index is -0.520. The van der Waals surface area contributed by atoms with E-state index < -0.39 is 6.10 Å². The second-order valence-corrected chi connectivity index (χ2v) is 6.52. The monoisotopic (exact) mass is 325 g/mol. The fraction of sp³-hybridized carbons (Fsp3) is 0.381. The van der Waals surface area contributed by atoms with Crippen LogP contribution in [0.5, 0.6) is 5.75 Å². The predicted molar refractivity (Wildman–Crippen MR) is 98.6 cm³/mol. The van der Waals surface area contributed by atoms with Crippen LogP contribution < -0.4 is 10.1 Å². The summed E-state index contributed by atoms with van der Waals surface area (Å²) in [5, 5.41) is 2.99. The zero-order valence-electron chi connectivity index (χ0n) is 15.2. The topological polar surface area (TPSA) is 38.3 Å². The Kier molecular flexibility index (Phi) is 6.02. The number of benzene rings is 2. The van der Waals surface area contributed by atoms with Gasteiger partial charge in [0, 0.05) is 6.54 Å². The summed E-state index contributed by atoms with van der Waals surface area (Å²) in [5.74, 6) is 0.966. The van der Waals surface area contributed by atoms with Gasteiger partial charge < -0.3 is 10.1 Å². The summed E-state index contributed by atoms with van der Waals surface area (Å²) >= 11 is 0. The first-order valence-corrected chi connectivity index (χ1v) is 8.45. The van der Waals surface area contributed by atoms with Crippen molar-refractivity contribution < 1.29 is 9.53 Å². The molecule has 0 spiro atoms. The second kappa shape index (κ2) is 8.00. The van der Waals surface area contributed by atoms with Gasteiger partial charge in [0.2, 0.25) is 0 Å². The van der Waals surface area contributed by atoms with Gasteiger partial charge in [-0.3, -0.25) is 4.79 Å². The zero-order chi connectivity index (χ0) is 17.7. The van der Waals surface area contributed by atoms with Crippen LogP contribution in [-0.2, 0) is 4.79 Å². The van der Waals surface area contributed by atoms with Gasteiger partial charge in [0.15, 0.2) is 6.10 Å². The van der Waals surface area contributed by atoms with Crippen LogP contribution in [0, 0.1) is 20.8 Å². The standard InChI is InChI=1S/C21H27NO2/c1-14-11-15(2)17(4)20(12-14)24-18(5)21(23)22-13-16(3)19-9-7-6-8-10-19/h6-12,16,18H,13H2,1-5H3,(H,22,23)/t16-,18-/m1/s1. The Hall–Kier alpha value is -2.29. The molecule has 0 fully saturated rings. The minimum absolute atomic E-state index is 0.0867. The molecule has 2 atom stereocenters. The summed E-state index contributed by atoms with van der Waals surface area (Å²) in [4.78, 5) is 12.3. The van der Waals surface area contributed by atoms with Crippen molar-refractivity contribution in [1.29, 1.82) is 0 Å². The van der Waals surface area contributed by atoms with E-state index in [4.69, 9.17) is 4.74 Å². The normalized spacial score (nSPS) is 13.2. The first-order valence-electron chi connectivity index (χ1n) is 8.45. The van der Waals surface area contributed by atoms with Gasteiger partial charge in [0.05, 0.1) is 0 Å². The third-order valence-electron chi connectivity index (χ3n) is 4.39. The summed E-state index contributed by atoms with van der Waals surface area (Å²) in [6.45, 7) is 10.6. The molecular weight excluding hydrogens is 298 g/mol. The van der Waals surface area contributed by atoms with Gasteiger partial charge in [-0.2, -0.15) is 0 Å². The van der Waals surface area contributed by atoms with E-state index in [9.17, 15) is 4.79 Å². The van der Waals surface area contributed by atoms with Crippen LogP contribution in [0.25, 0.3) is 0 Å². The third-order valence-corrected chi connectivity index (χ3v) is 4.39. The first-order chi connectivity index (χ1) is 11.4. The van der Waals surface area contributed by atoms with Crippen LogP contribution in [0.4, 0.5) is 0 Å². The maximum atomic E-state index is 12.3. The summed E-state index contributed by atoms with van der Waals surface area (Å²) in [7, 11) is 0. The van der Waals surface area contributed by atoms with Crippen molar-refractivity contribution >= 4 is 5.91 Å². The predicted octanol–water partition coefficient (Wildman–Crippen LogP) is 4.30. The maximum absolute atomic E-state index is 12.3. The summed E-state index contributed by atoms with van der Waals surface area (Å²) < 4.78 is 5.89. The lowest BCUT2D eigenvalue weighted by Crippen LogP contribution is -2.38. The van der Waals surface area contributed by atoms with Crippen molar-refractivity contribution in [3.63, 3.8) is 0 Å². The van der Waals surface area contributed by atoms with E-state index >= 15 is 0 Å². The molecule has 24 heavy (non-hydrogen) atoms. The molecule has 2 aromatic rings. The largest absolute Gasteiger partial charge is 0.481 e. The molecule has 0 heterocycles. The van der Waals surface area contributed by atoms with E-state index in [2.05, 4.69) is 37.4 Å². The van der Waals surface area contributed by atoms with E-state index in [-0.39, 0.29) is 11.8 Å². The quantitative estimate of drug-likeness (QED) is 0.860. The highest BCUT2D eigenvalue weighted by Gasteiger charge is 2.17. The molecule has 0 saturated heterocycles. The van der Waals surface area contributed by atoms with Crippen molar-refractivity contribution in [2.45, 2.75) is 46.6 Å². The molecule has 0 aromatic heterocycles. The Morgan fingerprint density at radius 1 is 1.08 bits per heavy atom. The van der Waals surface area contributed by atoms with Crippen LogP contribution in [0.2, 0.25) is 0 Å². The van der Waals surface area contributed by atoms with Gasteiger partial charge in [-0.05, 0) is 61.9 Å². The number of amides is 1. The average molecular weight is 325 g/mol. The van der Waals surface area contributed by atoms with Crippen LogP contribution in [-0.4, -0.2) is 18.6 Å². The Morgan fingerprint density at radius 3 is 2.42 bits per heavy atom. The van der Waals surface area contributed by atoms with E-state index in [1.165, 1.54) is 11.1 Å². The summed E-state index contributed by atoms with van der Waals surface area (Å²) in [5.41, 5.74) is 4.61. The third kappa shape index (κ3) is 4.60. The van der Waals surface area contributed by atoms with Gasteiger partial charge in [-0.15, -0.1) is 0 Å². The van der Waals surface area contributed by atoms with E-state index in [0.717, 1.165) is 16.9 Å². The Bertz CT molecular complexity index is 694. The lowest BCUT2D eigenvalue weighted by molar-refractivity contribution is -0.127. The number of hydrogen-bond acceptors (Lipinski definition) is 2. The van der Waals surface area contributed by atoms with Gasteiger partial charge in [-0.1, -0.05) is 43.3 Å². The first kappa shape index (κ1) is 18.1. The average Bonchev–Trinajstić information content (AvgIpc) is 2.57. The molecule has 0 aliphatic carbocycles. The highest BCUT2D eigenvalue weighted by atomic mass is 16.5. The molecule has 3 heteroatoms. The number of ether oxygens (including phenoxy) is 1. The molecule has 0 aliphatic heterocycles. The summed E-state index contributed by atoms with van der Waals surface area (Å²) in [6, 6.07) is 14.3. The van der Waals surface area contributed by atoms with Crippen molar-refractivity contribution in [2.24, 2.45) is 0 Å². The van der Waals surface area contributed by atoms with Crippen LogP contribution in [0.15, 0.2) is 42.5 Å². The summed E-state index contributed by atoms with van der Waals surface area (Å²) in [6.07, 6.45) is -0.520. The lowest BCUT2D eigenvalue weighted by Gasteiger charge is -2.19. The minimum Gasteiger partial charge on any atom is -0.481 e. The fourth-order valence-electron chi connectivity index (χ4n) is 2.66. The van der Waals surface area contributed by atoms with Crippen LogP contribution in [0.1, 0.15) is 42.0 Å². The molecule has 0 radical (unpaired) electrons.